The summed E-state index contributed by atoms with van der Waals surface area (Å²) in [4.78, 5) is 2.35. The molecule has 0 saturated heterocycles. The second-order valence-corrected chi connectivity index (χ2v) is 14.9. The van der Waals surface area contributed by atoms with E-state index in [9.17, 15) is 0 Å². The summed E-state index contributed by atoms with van der Waals surface area (Å²) >= 11 is 0. The first-order valence-corrected chi connectivity index (χ1v) is 18.8. The van der Waals surface area contributed by atoms with Crippen molar-refractivity contribution in [3.05, 3.63) is 234 Å². The molecular weight excluding hydrogens is 655 g/mol. The lowest BCUT2D eigenvalue weighted by Gasteiger charge is -2.34. The maximum absolute atomic E-state index is 6.35. The summed E-state index contributed by atoms with van der Waals surface area (Å²) < 4.78 is 6.35. The van der Waals surface area contributed by atoms with Gasteiger partial charge in [0.05, 0.1) is 5.41 Å². The number of fused-ring (bicyclic) bond motifs is 5. The van der Waals surface area contributed by atoms with E-state index in [0.717, 1.165) is 28.6 Å². The van der Waals surface area contributed by atoms with E-state index in [2.05, 4.69) is 213 Å². The number of rotatable bonds is 6. The third kappa shape index (κ3) is 4.87. The zero-order valence-electron chi connectivity index (χ0n) is 30.4. The van der Waals surface area contributed by atoms with Crippen LogP contribution in [0.4, 0.5) is 17.1 Å². The lowest BCUT2D eigenvalue weighted by Crippen LogP contribution is -2.28. The van der Waals surface area contributed by atoms with Crippen LogP contribution >= 0.6 is 0 Å². The Labute approximate surface area is 317 Å². The van der Waals surface area contributed by atoms with Gasteiger partial charge in [-0.2, -0.15) is 0 Å². The lowest BCUT2D eigenvalue weighted by atomic mass is 9.68. The van der Waals surface area contributed by atoms with Crippen molar-refractivity contribution in [2.45, 2.75) is 24.7 Å². The van der Waals surface area contributed by atoms with Crippen molar-refractivity contribution in [1.29, 1.82) is 0 Å². The molecule has 1 aliphatic heterocycles. The molecule has 8 aromatic carbocycles. The predicted octanol–water partition coefficient (Wildman–Crippen LogP) is 13.6. The SMILES string of the molecule is CC1(C)c2ccccc2Oc2ccc(-c3ccc(N(c4ccccc4)c4ccc(C5(c6ccccc6)c6ccccc6-c6ccccc65)cc4)cc3)cc21. The molecule has 8 aromatic rings. The molecule has 0 spiro atoms. The number of hydrogen-bond acceptors (Lipinski definition) is 2. The van der Waals surface area contributed by atoms with Crippen LogP contribution in [0.15, 0.2) is 200 Å². The number of ether oxygens (including phenoxy) is 1. The van der Waals surface area contributed by atoms with Gasteiger partial charge in [-0.15, -0.1) is 0 Å². The first kappa shape index (κ1) is 32.0. The summed E-state index contributed by atoms with van der Waals surface area (Å²) in [6, 6.07) is 72.6. The van der Waals surface area contributed by atoms with Gasteiger partial charge in [0.15, 0.2) is 0 Å². The molecule has 0 fully saturated rings. The van der Waals surface area contributed by atoms with Gasteiger partial charge in [-0.1, -0.05) is 159 Å². The second kappa shape index (κ2) is 12.5. The molecule has 2 aliphatic rings. The fourth-order valence-corrected chi connectivity index (χ4v) is 9.02. The summed E-state index contributed by atoms with van der Waals surface area (Å²) in [5.74, 6) is 1.87. The molecule has 2 nitrogen and oxygen atoms in total. The molecule has 0 amide bonds. The van der Waals surface area contributed by atoms with Gasteiger partial charge in [0.25, 0.3) is 0 Å². The van der Waals surface area contributed by atoms with Crippen LogP contribution in [-0.4, -0.2) is 0 Å². The molecule has 258 valence electrons. The van der Waals surface area contributed by atoms with Crippen molar-refractivity contribution in [3.8, 4) is 33.8 Å². The summed E-state index contributed by atoms with van der Waals surface area (Å²) in [6.45, 7) is 4.57. The average Bonchev–Trinajstić information content (AvgIpc) is 3.53. The van der Waals surface area contributed by atoms with Crippen molar-refractivity contribution in [3.63, 3.8) is 0 Å². The summed E-state index contributed by atoms with van der Waals surface area (Å²) in [5.41, 5.74) is 15.2. The highest BCUT2D eigenvalue weighted by Crippen LogP contribution is 2.56. The van der Waals surface area contributed by atoms with E-state index < -0.39 is 5.41 Å². The standard InChI is InChI=1S/C52H39NO/c1-51(2)47-23-13-14-24-49(47)54-50-34-27-37(35-48(50)51)36-25-30-41(31-26-36)53(40-17-7-4-8-18-40)42-32-28-39(29-33-42)52(38-15-5-3-6-16-38)45-21-11-9-19-43(45)44-20-10-12-22-46(44)52/h3-35H,1-2H3. The fourth-order valence-electron chi connectivity index (χ4n) is 9.02. The Morgan fingerprint density at radius 3 is 1.48 bits per heavy atom. The van der Waals surface area contributed by atoms with Gasteiger partial charge in [0.2, 0.25) is 0 Å². The van der Waals surface area contributed by atoms with Gasteiger partial charge >= 0.3 is 0 Å². The van der Waals surface area contributed by atoms with Crippen LogP contribution in [0.3, 0.4) is 0 Å². The Morgan fingerprint density at radius 2 is 0.833 bits per heavy atom. The van der Waals surface area contributed by atoms with Gasteiger partial charge in [0.1, 0.15) is 11.5 Å². The molecule has 0 unspecified atom stereocenters. The topological polar surface area (TPSA) is 12.5 Å². The van der Waals surface area contributed by atoms with E-state index in [4.69, 9.17) is 4.74 Å². The highest BCUT2D eigenvalue weighted by molar-refractivity contribution is 5.87. The summed E-state index contributed by atoms with van der Waals surface area (Å²) in [7, 11) is 0. The van der Waals surface area contributed by atoms with Gasteiger partial charge in [-0.3, -0.25) is 0 Å². The van der Waals surface area contributed by atoms with E-state index in [1.54, 1.807) is 0 Å². The Bertz CT molecular complexity index is 2600. The zero-order chi connectivity index (χ0) is 36.3. The third-order valence-electron chi connectivity index (χ3n) is 11.6. The molecular formula is C52H39NO. The molecule has 54 heavy (non-hydrogen) atoms. The number of anilines is 3. The number of benzene rings is 8. The predicted molar refractivity (Wildman–Crippen MR) is 223 cm³/mol. The van der Waals surface area contributed by atoms with Crippen LogP contribution in [0, 0.1) is 0 Å². The molecule has 0 atom stereocenters. The maximum atomic E-state index is 6.35. The summed E-state index contributed by atoms with van der Waals surface area (Å²) in [5, 5.41) is 0. The summed E-state index contributed by atoms with van der Waals surface area (Å²) in [6.07, 6.45) is 0. The van der Waals surface area contributed by atoms with E-state index in [1.807, 2.05) is 6.07 Å². The molecule has 1 aliphatic carbocycles. The van der Waals surface area contributed by atoms with Crippen LogP contribution < -0.4 is 9.64 Å². The second-order valence-electron chi connectivity index (χ2n) is 14.9. The Balaban J connectivity index is 1.05. The van der Waals surface area contributed by atoms with E-state index in [0.29, 0.717) is 0 Å². The molecule has 0 aromatic heterocycles. The van der Waals surface area contributed by atoms with Crippen molar-refractivity contribution in [2.75, 3.05) is 4.90 Å². The van der Waals surface area contributed by atoms with Crippen molar-refractivity contribution >= 4 is 17.1 Å². The van der Waals surface area contributed by atoms with Crippen LogP contribution in [0.1, 0.15) is 47.2 Å². The van der Waals surface area contributed by atoms with Crippen LogP contribution in [-0.2, 0) is 10.8 Å². The van der Waals surface area contributed by atoms with Crippen LogP contribution in [0.5, 0.6) is 11.5 Å². The normalized spacial score (nSPS) is 14.2. The van der Waals surface area contributed by atoms with Gasteiger partial charge in [0, 0.05) is 33.6 Å². The monoisotopic (exact) mass is 693 g/mol. The van der Waals surface area contributed by atoms with E-state index in [-0.39, 0.29) is 5.41 Å². The number of para-hydroxylation sites is 2. The molecule has 2 heteroatoms. The third-order valence-corrected chi connectivity index (χ3v) is 11.6. The highest BCUT2D eigenvalue weighted by atomic mass is 16.5. The largest absolute Gasteiger partial charge is 0.457 e. The van der Waals surface area contributed by atoms with E-state index in [1.165, 1.54) is 55.6 Å². The Kier molecular flexibility index (Phi) is 7.42. The van der Waals surface area contributed by atoms with Crippen molar-refractivity contribution in [1.82, 2.24) is 0 Å². The van der Waals surface area contributed by atoms with Crippen LogP contribution in [0.2, 0.25) is 0 Å². The minimum Gasteiger partial charge on any atom is -0.457 e. The smallest absolute Gasteiger partial charge is 0.131 e. The van der Waals surface area contributed by atoms with Gasteiger partial charge < -0.3 is 9.64 Å². The molecule has 1 heterocycles. The quantitative estimate of drug-likeness (QED) is 0.172. The first-order chi connectivity index (χ1) is 26.5. The minimum absolute atomic E-state index is 0.169. The maximum Gasteiger partial charge on any atom is 0.131 e. The molecule has 10 rings (SSSR count). The van der Waals surface area contributed by atoms with Crippen LogP contribution in [0.25, 0.3) is 22.3 Å². The zero-order valence-corrected chi connectivity index (χ0v) is 30.4. The molecule has 0 radical (unpaired) electrons. The number of hydrogen-bond donors (Lipinski definition) is 0. The molecule has 0 saturated carbocycles. The average molecular weight is 694 g/mol. The van der Waals surface area contributed by atoms with Crippen molar-refractivity contribution in [2.24, 2.45) is 0 Å². The van der Waals surface area contributed by atoms with Gasteiger partial charge in [-0.05, 0) is 99.1 Å². The fraction of sp³-hybridized carbons (Fsp3) is 0.0769. The Hall–Kier alpha value is -6.64. The van der Waals surface area contributed by atoms with E-state index >= 15 is 0 Å². The Morgan fingerprint density at radius 1 is 0.370 bits per heavy atom. The first-order valence-electron chi connectivity index (χ1n) is 18.8. The molecule has 0 N–H and O–H groups in total. The minimum atomic E-state index is -0.428. The molecule has 0 bridgehead atoms. The lowest BCUT2D eigenvalue weighted by molar-refractivity contribution is 0.418. The van der Waals surface area contributed by atoms with Gasteiger partial charge in [-0.25, -0.2) is 0 Å². The van der Waals surface area contributed by atoms with Crippen molar-refractivity contribution < 1.29 is 4.74 Å². The number of nitrogens with zero attached hydrogens (tertiary/aromatic N) is 1. The highest BCUT2D eigenvalue weighted by Gasteiger charge is 2.45.